The van der Waals surface area contributed by atoms with Crippen molar-refractivity contribution in [2.45, 2.75) is 53.2 Å². The molecule has 0 spiro atoms. The van der Waals surface area contributed by atoms with E-state index in [1.54, 1.807) is 0 Å². The molecule has 0 fully saturated rings. The molecule has 3 nitrogen and oxygen atoms in total. The molecule has 1 unspecified atom stereocenters. The summed E-state index contributed by atoms with van der Waals surface area (Å²) in [4.78, 5) is 14.4. The first-order valence-corrected chi connectivity index (χ1v) is 8.50. The third-order valence-electron chi connectivity index (χ3n) is 4.53. The summed E-state index contributed by atoms with van der Waals surface area (Å²) in [6, 6.07) is 14.8. The summed E-state index contributed by atoms with van der Waals surface area (Å²) in [6.07, 6.45) is 2.65. The van der Waals surface area contributed by atoms with E-state index in [0.29, 0.717) is 18.9 Å². The second-order valence-electron chi connectivity index (χ2n) is 6.47. The third kappa shape index (κ3) is 4.47. The van der Waals surface area contributed by atoms with Gasteiger partial charge in [0.1, 0.15) is 0 Å². The van der Waals surface area contributed by atoms with E-state index in [0.717, 1.165) is 6.54 Å². The van der Waals surface area contributed by atoms with Crippen LogP contribution in [-0.4, -0.2) is 21.4 Å². The lowest BCUT2D eigenvalue weighted by Gasteiger charge is -2.32. The fourth-order valence-electron chi connectivity index (χ4n) is 2.72. The largest absolute Gasteiger partial charge is 0.345 e. The molecule has 3 heteroatoms. The number of carbonyl (C=O) groups is 1. The molecule has 0 aliphatic carbocycles. The Bertz CT molecular complexity index is 616. The molecule has 23 heavy (non-hydrogen) atoms. The Hall–Kier alpha value is -2.03. The van der Waals surface area contributed by atoms with Crippen LogP contribution in [0.15, 0.2) is 48.7 Å². The lowest BCUT2D eigenvalue weighted by Crippen LogP contribution is -2.41. The average Bonchev–Trinajstić information content (AvgIpc) is 2.99. The molecule has 0 N–H and O–H groups in total. The first kappa shape index (κ1) is 17.3. The molecule has 2 aromatic rings. The fraction of sp³-hybridized carbons (Fsp3) is 0.450. The predicted octanol–water partition coefficient (Wildman–Crippen LogP) is 4.32. The maximum Gasteiger partial charge on any atom is 0.222 e. The minimum absolute atomic E-state index is 0.221. The molecule has 0 aliphatic rings. The number of nitrogens with zero attached hydrogens (tertiary/aromatic N) is 2. The number of carbonyl (C=O) groups excluding carboxylic acids is 1. The maximum absolute atomic E-state index is 12.4. The summed E-state index contributed by atoms with van der Waals surface area (Å²) in [7, 11) is 0. The minimum atomic E-state index is 0.221. The Kier molecular flexibility index (Phi) is 6.03. The van der Waals surface area contributed by atoms with Crippen molar-refractivity contribution < 1.29 is 4.79 Å². The summed E-state index contributed by atoms with van der Waals surface area (Å²) in [5.41, 5.74) is 2.46. The van der Waals surface area contributed by atoms with Gasteiger partial charge in [-0.2, -0.15) is 0 Å². The van der Waals surface area contributed by atoms with Gasteiger partial charge in [0.25, 0.3) is 0 Å². The van der Waals surface area contributed by atoms with Gasteiger partial charge in [0, 0.05) is 30.9 Å². The van der Waals surface area contributed by atoms with Crippen LogP contribution in [0.2, 0.25) is 0 Å². The zero-order chi connectivity index (χ0) is 16.8. The molecule has 0 saturated heterocycles. The van der Waals surface area contributed by atoms with Crippen molar-refractivity contribution in [3.05, 3.63) is 59.9 Å². The lowest BCUT2D eigenvalue weighted by atomic mass is 10.0. The Morgan fingerprint density at radius 2 is 1.78 bits per heavy atom. The summed E-state index contributed by atoms with van der Waals surface area (Å²) < 4.78 is 2.23. The number of hydrogen-bond acceptors (Lipinski definition) is 1. The van der Waals surface area contributed by atoms with Crippen LogP contribution in [0.4, 0.5) is 0 Å². The van der Waals surface area contributed by atoms with Gasteiger partial charge in [-0.05, 0) is 30.5 Å². The monoisotopic (exact) mass is 312 g/mol. The molecule has 0 bridgehead atoms. The van der Waals surface area contributed by atoms with Crippen molar-refractivity contribution in [1.29, 1.82) is 0 Å². The topological polar surface area (TPSA) is 25.2 Å². The van der Waals surface area contributed by atoms with Crippen molar-refractivity contribution in [2.24, 2.45) is 5.92 Å². The molecule has 1 atom stereocenters. The molecule has 1 aromatic carbocycles. The molecule has 1 amide bonds. The van der Waals surface area contributed by atoms with Gasteiger partial charge < -0.3 is 9.47 Å². The van der Waals surface area contributed by atoms with E-state index in [1.807, 2.05) is 17.9 Å². The smallest absolute Gasteiger partial charge is 0.222 e. The van der Waals surface area contributed by atoms with E-state index in [-0.39, 0.29) is 11.9 Å². The van der Waals surface area contributed by atoms with Crippen molar-refractivity contribution in [1.82, 2.24) is 9.47 Å². The van der Waals surface area contributed by atoms with E-state index in [4.69, 9.17) is 0 Å². The highest BCUT2D eigenvalue weighted by Crippen LogP contribution is 2.17. The van der Waals surface area contributed by atoms with Gasteiger partial charge in [-0.25, -0.2) is 0 Å². The summed E-state index contributed by atoms with van der Waals surface area (Å²) in [5.74, 6) is 0.668. The van der Waals surface area contributed by atoms with E-state index >= 15 is 0 Å². The van der Waals surface area contributed by atoms with Crippen LogP contribution in [-0.2, 0) is 17.9 Å². The number of benzene rings is 1. The SMILES string of the molecule is CCC(=O)N(Cc1cccn1Cc1ccccc1)C(C)C(C)C. The number of rotatable bonds is 7. The Labute approximate surface area is 139 Å². The van der Waals surface area contributed by atoms with Gasteiger partial charge in [-0.3, -0.25) is 4.79 Å². The average molecular weight is 312 g/mol. The Morgan fingerprint density at radius 1 is 1.09 bits per heavy atom. The minimum Gasteiger partial charge on any atom is -0.345 e. The lowest BCUT2D eigenvalue weighted by molar-refractivity contribution is -0.134. The normalized spacial score (nSPS) is 12.4. The maximum atomic E-state index is 12.4. The quantitative estimate of drug-likeness (QED) is 0.747. The Morgan fingerprint density at radius 3 is 2.39 bits per heavy atom. The van der Waals surface area contributed by atoms with Gasteiger partial charge >= 0.3 is 0 Å². The van der Waals surface area contributed by atoms with Crippen LogP contribution in [0.25, 0.3) is 0 Å². The van der Waals surface area contributed by atoms with Crippen molar-refractivity contribution in [3.63, 3.8) is 0 Å². The van der Waals surface area contributed by atoms with Crippen LogP contribution >= 0.6 is 0 Å². The van der Waals surface area contributed by atoms with Gasteiger partial charge in [0.2, 0.25) is 5.91 Å². The van der Waals surface area contributed by atoms with Crippen molar-refractivity contribution in [3.8, 4) is 0 Å². The van der Waals surface area contributed by atoms with E-state index in [1.165, 1.54) is 11.3 Å². The molecule has 0 radical (unpaired) electrons. The molecule has 1 aromatic heterocycles. The van der Waals surface area contributed by atoms with E-state index in [2.05, 4.69) is 67.9 Å². The van der Waals surface area contributed by atoms with E-state index in [9.17, 15) is 4.79 Å². The highest BCUT2D eigenvalue weighted by molar-refractivity contribution is 5.76. The summed E-state index contributed by atoms with van der Waals surface area (Å²) in [5, 5.41) is 0. The molecular weight excluding hydrogens is 284 g/mol. The number of amides is 1. The van der Waals surface area contributed by atoms with E-state index < -0.39 is 0 Å². The van der Waals surface area contributed by atoms with Crippen molar-refractivity contribution in [2.75, 3.05) is 0 Å². The number of hydrogen-bond donors (Lipinski definition) is 0. The third-order valence-corrected chi connectivity index (χ3v) is 4.53. The van der Waals surface area contributed by atoms with Crippen molar-refractivity contribution >= 4 is 5.91 Å². The molecule has 2 rings (SSSR count). The second kappa shape index (κ2) is 8.00. The first-order valence-electron chi connectivity index (χ1n) is 8.50. The summed E-state index contributed by atoms with van der Waals surface area (Å²) >= 11 is 0. The van der Waals surface area contributed by atoms with Crippen LogP contribution < -0.4 is 0 Å². The van der Waals surface area contributed by atoms with Gasteiger partial charge in [-0.1, -0.05) is 51.1 Å². The zero-order valence-corrected chi connectivity index (χ0v) is 14.7. The molecule has 0 saturated carbocycles. The predicted molar refractivity (Wildman–Crippen MR) is 95.1 cm³/mol. The summed E-state index contributed by atoms with van der Waals surface area (Å²) in [6.45, 7) is 9.93. The highest BCUT2D eigenvalue weighted by atomic mass is 16.2. The van der Waals surface area contributed by atoms with Gasteiger partial charge in [0.05, 0.1) is 6.54 Å². The van der Waals surface area contributed by atoms with Crippen LogP contribution in [0.3, 0.4) is 0 Å². The van der Waals surface area contributed by atoms with Gasteiger partial charge in [-0.15, -0.1) is 0 Å². The first-order chi connectivity index (χ1) is 11.0. The standard InChI is InChI=1S/C20H28N2O/c1-5-20(23)22(17(4)16(2)3)15-19-12-9-13-21(19)14-18-10-7-6-8-11-18/h6-13,16-17H,5,14-15H2,1-4H3. The molecule has 124 valence electrons. The van der Waals surface area contributed by atoms with Crippen LogP contribution in [0.5, 0.6) is 0 Å². The number of aromatic nitrogens is 1. The molecule has 1 heterocycles. The molecule has 0 aliphatic heterocycles. The zero-order valence-electron chi connectivity index (χ0n) is 14.7. The second-order valence-corrected chi connectivity index (χ2v) is 6.47. The fourth-order valence-corrected chi connectivity index (χ4v) is 2.72. The van der Waals surface area contributed by atoms with Gasteiger partial charge in [0.15, 0.2) is 0 Å². The molecular formula is C20H28N2O. The van der Waals surface area contributed by atoms with Crippen LogP contribution in [0, 0.1) is 5.92 Å². The van der Waals surface area contributed by atoms with Crippen LogP contribution in [0.1, 0.15) is 45.4 Å². The Balaban J connectivity index is 2.18. The highest BCUT2D eigenvalue weighted by Gasteiger charge is 2.22.